The lowest BCUT2D eigenvalue weighted by molar-refractivity contribution is 0.727. The summed E-state index contributed by atoms with van der Waals surface area (Å²) in [5.74, 6) is 0.842. The Morgan fingerprint density at radius 3 is 2.85 bits per heavy atom. The molecule has 0 radical (unpaired) electrons. The van der Waals surface area contributed by atoms with Gasteiger partial charge in [0.25, 0.3) is 0 Å². The molecule has 6 heteroatoms. The van der Waals surface area contributed by atoms with Gasteiger partial charge in [0.2, 0.25) is 0 Å². The van der Waals surface area contributed by atoms with E-state index in [4.69, 9.17) is 0 Å². The highest BCUT2D eigenvalue weighted by molar-refractivity contribution is 7.99. The van der Waals surface area contributed by atoms with Crippen molar-refractivity contribution in [3.8, 4) is 0 Å². The van der Waals surface area contributed by atoms with Crippen molar-refractivity contribution in [1.29, 1.82) is 0 Å². The number of hydrogen-bond donors (Lipinski definition) is 0. The Hall–Kier alpha value is -1.53. The van der Waals surface area contributed by atoms with Crippen LogP contribution >= 0.6 is 23.1 Å². The average Bonchev–Trinajstić information content (AvgIpc) is 2.94. The maximum Gasteiger partial charge on any atom is 0.307 e. The number of thiazole rings is 1. The second-order valence-corrected chi connectivity index (χ2v) is 6.47. The number of rotatable bonds is 4. The van der Waals surface area contributed by atoms with Crippen molar-refractivity contribution in [2.24, 2.45) is 7.05 Å². The van der Waals surface area contributed by atoms with Crippen molar-refractivity contribution in [3.63, 3.8) is 0 Å². The van der Waals surface area contributed by atoms with Crippen molar-refractivity contribution in [3.05, 3.63) is 45.0 Å². The summed E-state index contributed by atoms with van der Waals surface area (Å²) in [6.07, 6.45) is 0. The SMILES string of the molecule is Cc1csc(=O)n1CCSc1nc2ccccc2n1C. The van der Waals surface area contributed by atoms with Crippen LogP contribution in [0.25, 0.3) is 11.0 Å². The maximum absolute atomic E-state index is 11.6. The summed E-state index contributed by atoms with van der Waals surface area (Å²) in [5.41, 5.74) is 3.19. The van der Waals surface area contributed by atoms with Crippen molar-refractivity contribution in [1.82, 2.24) is 14.1 Å². The van der Waals surface area contributed by atoms with Crippen molar-refractivity contribution < 1.29 is 0 Å². The predicted octanol–water partition coefficient (Wildman–Crippen LogP) is 2.90. The predicted molar refractivity (Wildman–Crippen MR) is 84.8 cm³/mol. The van der Waals surface area contributed by atoms with Gasteiger partial charge in [0.15, 0.2) is 5.16 Å². The Morgan fingerprint density at radius 2 is 2.15 bits per heavy atom. The Kier molecular flexibility index (Phi) is 3.67. The molecule has 0 amide bonds. The van der Waals surface area contributed by atoms with Gasteiger partial charge in [0.1, 0.15) is 0 Å². The molecule has 0 N–H and O–H groups in total. The fraction of sp³-hybridized carbons (Fsp3) is 0.286. The molecule has 0 atom stereocenters. The summed E-state index contributed by atoms with van der Waals surface area (Å²) in [6, 6.07) is 8.11. The van der Waals surface area contributed by atoms with Crippen LogP contribution in [0.3, 0.4) is 0 Å². The number of aryl methyl sites for hydroxylation is 2. The zero-order valence-corrected chi connectivity index (χ0v) is 13.0. The first kappa shape index (κ1) is 13.5. The lowest BCUT2D eigenvalue weighted by atomic mass is 10.3. The third-order valence-corrected chi connectivity index (χ3v) is 5.16. The monoisotopic (exact) mass is 305 g/mol. The van der Waals surface area contributed by atoms with Crippen LogP contribution in [0.15, 0.2) is 39.6 Å². The van der Waals surface area contributed by atoms with Gasteiger partial charge in [0, 0.05) is 30.4 Å². The molecular formula is C14H15N3OS2. The fourth-order valence-electron chi connectivity index (χ4n) is 2.16. The normalized spacial score (nSPS) is 11.3. The van der Waals surface area contributed by atoms with E-state index >= 15 is 0 Å². The van der Waals surface area contributed by atoms with Crippen LogP contribution in [0.5, 0.6) is 0 Å². The Morgan fingerprint density at radius 1 is 1.35 bits per heavy atom. The summed E-state index contributed by atoms with van der Waals surface area (Å²) in [7, 11) is 2.03. The van der Waals surface area contributed by atoms with E-state index in [1.807, 2.05) is 42.1 Å². The lowest BCUT2D eigenvalue weighted by Gasteiger charge is -2.04. The first-order valence-corrected chi connectivity index (χ1v) is 8.22. The second-order valence-electron chi connectivity index (χ2n) is 4.59. The van der Waals surface area contributed by atoms with Gasteiger partial charge in [-0.3, -0.25) is 4.79 Å². The van der Waals surface area contributed by atoms with Crippen LogP contribution in [0.2, 0.25) is 0 Å². The molecule has 0 saturated heterocycles. The van der Waals surface area contributed by atoms with Crippen molar-refractivity contribution >= 4 is 34.1 Å². The van der Waals surface area contributed by atoms with E-state index in [0.29, 0.717) is 0 Å². The first-order valence-electron chi connectivity index (χ1n) is 6.36. The third-order valence-electron chi connectivity index (χ3n) is 3.27. The van der Waals surface area contributed by atoms with Crippen LogP contribution in [-0.4, -0.2) is 19.9 Å². The number of thioether (sulfide) groups is 1. The van der Waals surface area contributed by atoms with E-state index in [1.165, 1.54) is 11.3 Å². The molecule has 0 fully saturated rings. The maximum atomic E-state index is 11.6. The summed E-state index contributed by atoms with van der Waals surface area (Å²) < 4.78 is 3.92. The van der Waals surface area contributed by atoms with E-state index in [1.54, 1.807) is 11.8 Å². The molecule has 3 aromatic rings. The minimum absolute atomic E-state index is 0.119. The Bertz CT molecular complexity index is 800. The second kappa shape index (κ2) is 5.46. The van der Waals surface area contributed by atoms with E-state index in [9.17, 15) is 4.79 Å². The molecule has 0 aliphatic carbocycles. The van der Waals surface area contributed by atoms with Crippen molar-refractivity contribution in [2.75, 3.05) is 5.75 Å². The summed E-state index contributed by atoms with van der Waals surface area (Å²) >= 11 is 2.95. The number of hydrogen-bond acceptors (Lipinski definition) is 4. The van der Waals surface area contributed by atoms with Crippen LogP contribution < -0.4 is 4.87 Å². The highest BCUT2D eigenvalue weighted by Gasteiger charge is 2.08. The highest BCUT2D eigenvalue weighted by atomic mass is 32.2. The Balaban J connectivity index is 1.74. The number of fused-ring (bicyclic) bond motifs is 1. The number of nitrogens with zero attached hydrogens (tertiary/aromatic N) is 3. The summed E-state index contributed by atoms with van der Waals surface area (Å²) in [6.45, 7) is 2.69. The van der Waals surface area contributed by atoms with Crippen LogP contribution in [0, 0.1) is 6.92 Å². The third kappa shape index (κ3) is 2.41. The van der Waals surface area contributed by atoms with Gasteiger partial charge in [-0.05, 0) is 19.1 Å². The molecule has 0 saturated carbocycles. The van der Waals surface area contributed by atoms with E-state index in [-0.39, 0.29) is 4.87 Å². The van der Waals surface area contributed by atoms with E-state index < -0.39 is 0 Å². The minimum atomic E-state index is 0.119. The van der Waals surface area contributed by atoms with E-state index in [2.05, 4.69) is 15.6 Å². The van der Waals surface area contributed by atoms with Gasteiger partial charge in [0.05, 0.1) is 11.0 Å². The molecule has 104 valence electrons. The van der Waals surface area contributed by atoms with Crippen molar-refractivity contribution in [2.45, 2.75) is 18.6 Å². The standard InChI is InChI=1S/C14H15N3OS2/c1-10-9-20-14(18)17(10)7-8-19-13-15-11-5-3-4-6-12(11)16(13)2/h3-6,9H,7-8H2,1-2H3. The van der Waals surface area contributed by atoms with Crippen LogP contribution in [-0.2, 0) is 13.6 Å². The first-order chi connectivity index (χ1) is 9.66. The number of para-hydroxylation sites is 2. The summed E-state index contributed by atoms with van der Waals surface area (Å²) in [4.78, 5) is 16.4. The van der Waals surface area contributed by atoms with Crippen LogP contribution in [0.1, 0.15) is 5.69 Å². The molecule has 0 unspecified atom stereocenters. The molecule has 2 heterocycles. The average molecular weight is 305 g/mol. The largest absolute Gasteiger partial charge is 0.322 e. The molecular weight excluding hydrogens is 290 g/mol. The van der Waals surface area contributed by atoms with Gasteiger partial charge >= 0.3 is 4.87 Å². The zero-order chi connectivity index (χ0) is 14.1. The fourth-order valence-corrected chi connectivity index (χ4v) is 3.83. The molecule has 0 bridgehead atoms. The minimum Gasteiger partial charge on any atom is -0.322 e. The molecule has 2 aromatic heterocycles. The van der Waals surface area contributed by atoms with Gasteiger partial charge in [-0.25, -0.2) is 4.98 Å². The molecule has 4 nitrogen and oxygen atoms in total. The lowest BCUT2D eigenvalue weighted by Crippen LogP contribution is -2.15. The number of aromatic nitrogens is 3. The smallest absolute Gasteiger partial charge is 0.307 e. The highest BCUT2D eigenvalue weighted by Crippen LogP contribution is 2.22. The van der Waals surface area contributed by atoms with E-state index in [0.717, 1.165) is 34.2 Å². The molecule has 20 heavy (non-hydrogen) atoms. The zero-order valence-electron chi connectivity index (χ0n) is 11.4. The molecule has 0 aliphatic heterocycles. The summed E-state index contributed by atoms with van der Waals surface area (Å²) in [5, 5.41) is 2.90. The number of benzene rings is 1. The van der Waals surface area contributed by atoms with Gasteiger partial charge < -0.3 is 9.13 Å². The molecule has 1 aromatic carbocycles. The van der Waals surface area contributed by atoms with Gasteiger partial charge in [-0.15, -0.1) is 0 Å². The van der Waals surface area contributed by atoms with Gasteiger partial charge in [-0.2, -0.15) is 0 Å². The molecule has 0 spiro atoms. The molecule has 0 aliphatic rings. The molecule has 3 rings (SSSR count). The topological polar surface area (TPSA) is 39.8 Å². The number of imidazole rings is 1. The van der Waals surface area contributed by atoms with Crippen LogP contribution in [0.4, 0.5) is 0 Å². The Labute approximate surface area is 125 Å². The van der Waals surface area contributed by atoms with Gasteiger partial charge in [-0.1, -0.05) is 35.2 Å². The quantitative estimate of drug-likeness (QED) is 0.696.